The molecule has 4 aromatic carbocycles. The molecule has 10 nitrogen and oxygen atoms in total. The van der Waals surface area contributed by atoms with Gasteiger partial charge in [-0.15, -0.1) is 0 Å². The van der Waals surface area contributed by atoms with Crippen LogP contribution in [0.2, 0.25) is 18.1 Å². The molecule has 6 rings (SSSR count). The normalized spacial score (nSPS) is 18.8. The zero-order valence-corrected chi connectivity index (χ0v) is 39.3. The number of aromatic nitrogens is 2. The van der Waals surface area contributed by atoms with Gasteiger partial charge < -0.3 is 27.9 Å². The number of rotatable bonds is 18. The molecule has 0 spiro atoms. The van der Waals surface area contributed by atoms with Crippen molar-refractivity contribution in [2.75, 3.05) is 27.4 Å². The fourth-order valence-electron chi connectivity index (χ4n) is 7.93. The summed E-state index contributed by atoms with van der Waals surface area (Å²) in [6.45, 7) is 19.7. The van der Waals surface area contributed by atoms with Crippen molar-refractivity contribution < 1.29 is 36.8 Å². The molecule has 5 aromatic rings. The number of imidazole rings is 1. The Morgan fingerprint density at radius 1 is 0.820 bits per heavy atom. The van der Waals surface area contributed by atoms with E-state index in [4.69, 9.17) is 32.4 Å². The van der Waals surface area contributed by atoms with Crippen LogP contribution in [-0.2, 0) is 28.5 Å². The van der Waals surface area contributed by atoms with Crippen molar-refractivity contribution in [2.45, 2.75) is 114 Å². The lowest BCUT2D eigenvalue weighted by molar-refractivity contribution is -0.0924. The van der Waals surface area contributed by atoms with Gasteiger partial charge in [-0.2, -0.15) is 9.79 Å². The minimum absolute atomic E-state index is 0.0366. The van der Waals surface area contributed by atoms with Gasteiger partial charge in [-0.25, -0.2) is 13.9 Å². The average molecular weight is 871 g/mol. The molecule has 0 aliphatic carbocycles. The van der Waals surface area contributed by atoms with Gasteiger partial charge >= 0.3 is 0 Å². The summed E-state index contributed by atoms with van der Waals surface area (Å²) in [6.07, 6.45) is -1.10. The van der Waals surface area contributed by atoms with Crippen molar-refractivity contribution in [3.8, 4) is 17.6 Å². The number of methoxy groups -OCH3 is 2. The Kier molecular flexibility index (Phi) is 14.5. The lowest BCUT2D eigenvalue weighted by atomic mass is 9.80. The highest BCUT2D eigenvalue weighted by molar-refractivity contribution is 7.67. The maximum absolute atomic E-state index is 15.3. The van der Waals surface area contributed by atoms with Gasteiger partial charge in [0.25, 0.3) is 7.72 Å². The van der Waals surface area contributed by atoms with Crippen molar-refractivity contribution in [1.82, 2.24) is 9.55 Å². The summed E-state index contributed by atoms with van der Waals surface area (Å²) >= 11 is 0. The third-order valence-corrected chi connectivity index (χ3v) is 20.7. The standard InChI is InChI=1S/C48H62FN3O7PSi/c1-33(2)60(34(3)4,56-30-16-29-50)58-44-42(57-46(45(44)59-61(10,11)47(5,6)7)52-32-51-43-40(49)19-15-20-41(43)52)31-55-48(35-17-13-12-14-18-35,36-21-25-38(53-8)26-22-36)37-23-27-39(54-9)28-24-37/h12-15,17-28,32-34,42,44-46H,16,30-31H2,1-11H3/q+1/t42-,44-,45-,46-/m1/s1. The van der Waals surface area contributed by atoms with Crippen molar-refractivity contribution in [2.24, 2.45) is 0 Å². The first-order valence-electron chi connectivity index (χ1n) is 21.0. The third-order valence-electron chi connectivity index (χ3n) is 12.2. The van der Waals surface area contributed by atoms with Crippen LogP contribution in [0, 0.1) is 17.1 Å². The van der Waals surface area contributed by atoms with Crippen molar-refractivity contribution in [3.63, 3.8) is 0 Å². The molecule has 1 fully saturated rings. The largest absolute Gasteiger partial charge is 0.497 e. The molecule has 1 aromatic heterocycles. The molecule has 326 valence electrons. The predicted molar refractivity (Wildman–Crippen MR) is 242 cm³/mol. The Balaban J connectivity index is 1.57. The molecule has 0 N–H and O–H groups in total. The van der Waals surface area contributed by atoms with Crippen molar-refractivity contribution in [1.29, 1.82) is 5.26 Å². The summed E-state index contributed by atoms with van der Waals surface area (Å²) in [6, 6.07) is 33.1. The molecular formula is C48H62FN3O7PSi+. The fraction of sp³-hybridized carbons (Fsp3) is 0.458. The summed E-state index contributed by atoms with van der Waals surface area (Å²) in [5.41, 5.74) is 2.22. The lowest BCUT2D eigenvalue weighted by Crippen LogP contribution is -2.50. The number of fused-ring (bicyclic) bond motifs is 1. The summed E-state index contributed by atoms with van der Waals surface area (Å²) < 4.78 is 65.0. The van der Waals surface area contributed by atoms with E-state index in [1.54, 1.807) is 26.6 Å². The van der Waals surface area contributed by atoms with Crippen molar-refractivity contribution >= 4 is 27.1 Å². The maximum Gasteiger partial charge on any atom is 0.280 e. The van der Waals surface area contributed by atoms with E-state index in [9.17, 15) is 5.26 Å². The topological polar surface area (TPSA) is 106 Å². The highest BCUT2D eigenvalue weighted by Gasteiger charge is 2.60. The first-order valence-corrected chi connectivity index (χ1v) is 25.7. The molecule has 0 unspecified atom stereocenters. The monoisotopic (exact) mass is 870 g/mol. The van der Waals surface area contributed by atoms with E-state index in [-0.39, 0.29) is 41.5 Å². The van der Waals surface area contributed by atoms with Gasteiger partial charge in [0.2, 0.25) is 0 Å². The Bertz CT molecular complexity index is 2180. The van der Waals surface area contributed by atoms with Crippen LogP contribution in [-0.4, -0.2) is 74.9 Å². The summed E-state index contributed by atoms with van der Waals surface area (Å²) in [5.74, 6) is 1.00. The van der Waals surface area contributed by atoms with Gasteiger partial charge in [0.15, 0.2) is 26.5 Å². The van der Waals surface area contributed by atoms with Crippen LogP contribution in [0.5, 0.6) is 11.5 Å². The number of nitriles is 1. The van der Waals surface area contributed by atoms with E-state index in [1.807, 2.05) is 77.4 Å². The molecule has 1 saturated heterocycles. The lowest BCUT2D eigenvalue weighted by Gasteiger charge is -2.42. The van der Waals surface area contributed by atoms with Crippen LogP contribution in [0.25, 0.3) is 11.0 Å². The van der Waals surface area contributed by atoms with Crippen molar-refractivity contribution in [3.05, 3.63) is 126 Å². The first kappa shape index (κ1) is 46.3. The van der Waals surface area contributed by atoms with Gasteiger partial charge in [0.05, 0.1) is 45.2 Å². The minimum Gasteiger partial charge on any atom is -0.497 e. The van der Waals surface area contributed by atoms with Crippen LogP contribution in [0.1, 0.15) is 77.8 Å². The summed E-state index contributed by atoms with van der Waals surface area (Å²) in [5, 5.41) is 9.40. The molecule has 13 heteroatoms. The Morgan fingerprint density at radius 2 is 1.39 bits per heavy atom. The number of halogens is 1. The molecule has 1 aliphatic heterocycles. The Hall–Kier alpha value is -4.18. The number of ether oxygens (including phenoxy) is 4. The highest BCUT2D eigenvalue weighted by Crippen LogP contribution is 2.70. The zero-order chi connectivity index (χ0) is 44.2. The Morgan fingerprint density at radius 3 is 1.92 bits per heavy atom. The second-order valence-corrected chi connectivity index (χ2v) is 26.2. The van der Waals surface area contributed by atoms with Gasteiger partial charge in [-0.3, -0.25) is 0 Å². The van der Waals surface area contributed by atoms with Crippen LogP contribution in [0.15, 0.2) is 103 Å². The zero-order valence-electron chi connectivity index (χ0n) is 37.4. The molecule has 1 aliphatic rings. The van der Waals surface area contributed by atoms with Gasteiger partial charge in [0, 0.05) is 0 Å². The van der Waals surface area contributed by atoms with E-state index in [0.717, 1.165) is 16.7 Å². The number of para-hydroxylation sites is 1. The fourth-order valence-corrected chi connectivity index (χ4v) is 12.6. The highest BCUT2D eigenvalue weighted by atomic mass is 31.2. The maximum atomic E-state index is 15.3. The molecule has 61 heavy (non-hydrogen) atoms. The average Bonchev–Trinajstić information content (AvgIpc) is 3.82. The molecule has 0 saturated carbocycles. The van der Waals surface area contributed by atoms with Crippen LogP contribution in [0.4, 0.5) is 4.39 Å². The van der Waals surface area contributed by atoms with E-state index >= 15 is 4.39 Å². The smallest absolute Gasteiger partial charge is 0.280 e. The van der Waals surface area contributed by atoms with E-state index < -0.39 is 52.0 Å². The van der Waals surface area contributed by atoms with E-state index in [0.29, 0.717) is 17.0 Å². The predicted octanol–water partition coefficient (Wildman–Crippen LogP) is 11.5. The molecule has 0 amide bonds. The van der Waals surface area contributed by atoms with E-state index in [1.165, 1.54) is 6.07 Å². The van der Waals surface area contributed by atoms with Crippen LogP contribution < -0.4 is 9.47 Å². The molecule has 0 radical (unpaired) electrons. The van der Waals surface area contributed by atoms with Crippen LogP contribution in [0.3, 0.4) is 0 Å². The Labute approximate surface area is 362 Å². The molecule has 4 atom stereocenters. The minimum atomic E-state index is -2.78. The van der Waals surface area contributed by atoms with Gasteiger partial charge in [-0.1, -0.05) is 81.4 Å². The third kappa shape index (κ3) is 9.30. The SMILES string of the molecule is COc1ccc(C(OC[C@H]2O[C@@H](n3cnc4c(F)cccc43)[C@H](O[Si](C)(C)C(C)(C)C)[C@@H]2O[P+](OCCC#N)(C(C)C)C(C)C)(c2ccccc2)c2ccc(OC)cc2)cc1. The number of nitrogens with zero attached hydrogens (tertiary/aromatic N) is 3. The molecule has 0 bridgehead atoms. The summed E-state index contributed by atoms with van der Waals surface area (Å²) in [7, 11) is -2.06. The second kappa shape index (κ2) is 19.1. The van der Waals surface area contributed by atoms with Gasteiger partial charge in [-0.05, 0) is 98.9 Å². The quantitative estimate of drug-likeness (QED) is 0.0368. The number of benzene rings is 4. The summed E-state index contributed by atoms with van der Waals surface area (Å²) in [4.78, 5) is 4.53. The molecule has 2 heterocycles. The first-order chi connectivity index (χ1) is 29.0. The number of hydrogen-bond donors (Lipinski definition) is 0. The second-order valence-electron chi connectivity index (χ2n) is 17.6. The van der Waals surface area contributed by atoms with Gasteiger partial charge in [0.1, 0.15) is 52.7 Å². The molecular weight excluding hydrogens is 809 g/mol. The van der Waals surface area contributed by atoms with E-state index in [2.05, 4.69) is 84.7 Å². The number of hydrogen-bond acceptors (Lipinski definition) is 9. The van der Waals surface area contributed by atoms with Crippen LogP contribution >= 0.6 is 7.72 Å².